The third-order valence-electron chi connectivity index (χ3n) is 3.01. The van der Waals surface area contributed by atoms with E-state index in [1.165, 1.54) is 0 Å². The molecule has 0 aliphatic carbocycles. The second-order valence-corrected chi connectivity index (χ2v) is 4.48. The number of ether oxygens (including phenoxy) is 2. The largest absolute Gasteiger partial charge is 0.496 e. The molecule has 3 N–H and O–H groups in total. The number of nitrogens with two attached hydrogens (primary N) is 1. The minimum Gasteiger partial charge on any atom is -0.496 e. The standard InChI is InChI=1S/C14H16ClN3O2/c1-19-10-4-3-5-11(20-2)13(10)14(18-16)9-6-7-17-12(15)8-9/h3-8,14,18H,16H2,1-2H3. The molecule has 5 nitrogen and oxygen atoms in total. The van der Waals surface area contributed by atoms with Gasteiger partial charge in [0, 0.05) is 6.20 Å². The summed E-state index contributed by atoms with van der Waals surface area (Å²) in [5.74, 6) is 7.07. The maximum Gasteiger partial charge on any atom is 0.129 e. The van der Waals surface area contributed by atoms with E-state index in [9.17, 15) is 0 Å². The molecule has 0 spiro atoms. The van der Waals surface area contributed by atoms with E-state index >= 15 is 0 Å². The lowest BCUT2D eigenvalue weighted by Gasteiger charge is -2.22. The minimum atomic E-state index is -0.318. The molecule has 106 valence electrons. The second kappa shape index (κ2) is 6.56. The number of methoxy groups -OCH3 is 2. The van der Waals surface area contributed by atoms with Gasteiger partial charge in [0.1, 0.15) is 16.7 Å². The van der Waals surface area contributed by atoms with Gasteiger partial charge in [-0.05, 0) is 29.8 Å². The van der Waals surface area contributed by atoms with Crippen molar-refractivity contribution in [2.24, 2.45) is 5.84 Å². The van der Waals surface area contributed by atoms with Crippen LogP contribution in [0.1, 0.15) is 17.2 Å². The van der Waals surface area contributed by atoms with E-state index in [-0.39, 0.29) is 6.04 Å². The lowest BCUT2D eigenvalue weighted by Crippen LogP contribution is -2.29. The summed E-state index contributed by atoms with van der Waals surface area (Å²) in [6.45, 7) is 0. The quantitative estimate of drug-likeness (QED) is 0.503. The first-order valence-corrected chi connectivity index (χ1v) is 6.37. The van der Waals surface area contributed by atoms with Crippen LogP contribution >= 0.6 is 11.6 Å². The van der Waals surface area contributed by atoms with Crippen LogP contribution in [0.15, 0.2) is 36.5 Å². The first kappa shape index (κ1) is 14.6. The lowest BCUT2D eigenvalue weighted by atomic mass is 9.98. The number of hydrogen-bond donors (Lipinski definition) is 2. The molecule has 0 fully saturated rings. The summed E-state index contributed by atoms with van der Waals surface area (Å²) in [5.41, 5.74) is 4.44. The van der Waals surface area contributed by atoms with E-state index in [1.54, 1.807) is 26.5 Å². The van der Waals surface area contributed by atoms with E-state index in [0.29, 0.717) is 16.7 Å². The van der Waals surface area contributed by atoms with Crippen LogP contribution in [-0.2, 0) is 0 Å². The first-order chi connectivity index (χ1) is 9.71. The van der Waals surface area contributed by atoms with Crippen molar-refractivity contribution in [1.29, 1.82) is 0 Å². The molecule has 0 bridgehead atoms. The highest BCUT2D eigenvalue weighted by Crippen LogP contribution is 2.37. The highest BCUT2D eigenvalue weighted by Gasteiger charge is 2.21. The average molecular weight is 294 g/mol. The third-order valence-corrected chi connectivity index (χ3v) is 3.21. The molecule has 0 aliphatic rings. The molecule has 6 heteroatoms. The summed E-state index contributed by atoms with van der Waals surface area (Å²) >= 11 is 5.94. The molecule has 1 aromatic heterocycles. The summed E-state index contributed by atoms with van der Waals surface area (Å²) in [6.07, 6.45) is 1.63. The average Bonchev–Trinajstić information content (AvgIpc) is 2.48. The Hall–Kier alpha value is -1.82. The number of nitrogens with one attached hydrogen (secondary N) is 1. The molecule has 2 aromatic rings. The van der Waals surface area contributed by atoms with Gasteiger partial charge in [-0.3, -0.25) is 5.84 Å². The Morgan fingerprint density at radius 1 is 1.20 bits per heavy atom. The molecule has 0 aliphatic heterocycles. The number of pyridine rings is 1. The summed E-state index contributed by atoms with van der Waals surface area (Å²) in [5, 5.41) is 0.400. The second-order valence-electron chi connectivity index (χ2n) is 4.09. The maximum absolute atomic E-state index is 5.94. The van der Waals surface area contributed by atoms with Gasteiger partial charge in [-0.2, -0.15) is 0 Å². The van der Waals surface area contributed by atoms with Crippen LogP contribution in [0.3, 0.4) is 0 Å². The van der Waals surface area contributed by atoms with Gasteiger partial charge in [0.15, 0.2) is 0 Å². The zero-order valence-corrected chi connectivity index (χ0v) is 12.0. The molecule has 1 atom stereocenters. The zero-order valence-electron chi connectivity index (χ0n) is 11.3. The number of benzene rings is 1. The van der Waals surface area contributed by atoms with E-state index in [2.05, 4.69) is 10.4 Å². The number of aromatic nitrogens is 1. The molecule has 0 saturated carbocycles. The highest BCUT2D eigenvalue weighted by atomic mass is 35.5. The molecular weight excluding hydrogens is 278 g/mol. The summed E-state index contributed by atoms with van der Waals surface area (Å²) < 4.78 is 10.8. The summed E-state index contributed by atoms with van der Waals surface area (Å²) in [6, 6.07) is 8.83. The van der Waals surface area contributed by atoms with Crippen molar-refractivity contribution in [1.82, 2.24) is 10.4 Å². The number of rotatable bonds is 5. The first-order valence-electron chi connectivity index (χ1n) is 5.99. The Morgan fingerprint density at radius 2 is 1.85 bits per heavy atom. The van der Waals surface area contributed by atoms with Crippen molar-refractivity contribution in [2.45, 2.75) is 6.04 Å². The maximum atomic E-state index is 5.94. The van der Waals surface area contributed by atoms with Crippen molar-refractivity contribution < 1.29 is 9.47 Å². The number of hydrazine groups is 1. The molecule has 1 heterocycles. The summed E-state index contributed by atoms with van der Waals surface area (Å²) in [4.78, 5) is 3.97. The smallest absolute Gasteiger partial charge is 0.129 e. The molecule has 1 unspecified atom stereocenters. The van der Waals surface area contributed by atoms with Crippen LogP contribution in [0.4, 0.5) is 0 Å². The fourth-order valence-corrected chi connectivity index (χ4v) is 2.29. The van der Waals surface area contributed by atoms with Gasteiger partial charge < -0.3 is 9.47 Å². The van der Waals surface area contributed by atoms with Crippen LogP contribution < -0.4 is 20.7 Å². The molecule has 0 radical (unpaired) electrons. The van der Waals surface area contributed by atoms with Crippen molar-refractivity contribution >= 4 is 11.6 Å². The normalized spacial score (nSPS) is 12.0. The van der Waals surface area contributed by atoms with Gasteiger partial charge in [0.2, 0.25) is 0 Å². The highest BCUT2D eigenvalue weighted by molar-refractivity contribution is 6.29. The van der Waals surface area contributed by atoms with E-state index < -0.39 is 0 Å². The van der Waals surface area contributed by atoms with Crippen LogP contribution in [0.2, 0.25) is 5.15 Å². The molecule has 0 saturated heterocycles. The lowest BCUT2D eigenvalue weighted by molar-refractivity contribution is 0.377. The van der Waals surface area contributed by atoms with Gasteiger partial charge in [-0.1, -0.05) is 17.7 Å². The van der Waals surface area contributed by atoms with Crippen molar-refractivity contribution in [3.63, 3.8) is 0 Å². The van der Waals surface area contributed by atoms with Gasteiger partial charge in [-0.25, -0.2) is 10.4 Å². The van der Waals surface area contributed by atoms with Gasteiger partial charge in [-0.15, -0.1) is 0 Å². The van der Waals surface area contributed by atoms with E-state index in [4.69, 9.17) is 26.9 Å². The molecule has 20 heavy (non-hydrogen) atoms. The monoisotopic (exact) mass is 293 g/mol. The van der Waals surface area contributed by atoms with Crippen LogP contribution in [0.25, 0.3) is 0 Å². The molecular formula is C14H16ClN3O2. The van der Waals surface area contributed by atoms with Crippen molar-refractivity contribution in [3.05, 3.63) is 52.8 Å². The number of halogens is 1. The zero-order chi connectivity index (χ0) is 14.5. The van der Waals surface area contributed by atoms with E-state index in [0.717, 1.165) is 11.1 Å². The van der Waals surface area contributed by atoms with Crippen LogP contribution in [-0.4, -0.2) is 19.2 Å². The fourth-order valence-electron chi connectivity index (χ4n) is 2.11. The van der Waals surface area contributed by atoms with Crippen LogP contribution in [0, 0.1) is 0 Å². The molecule has 2 rings (SSSR count). The predicted molar refractivity (Wildman–Crippen MR) is 78.0 cm³/mol. The van der Waals surface area contributed by atoms with Crippen LogP contribution in [0.5, 0.6) is 11.5 Å². The Kier molecular flexibility index (Phi) is 4.79. The van der Waals surface area contributed by atoms with Gasteiger partial charge >= 0.3 is 0 Å². The van der Waals surface area contributed by atoms with Gasteiger partial charge in [0.25, 0.3) is 0 Å². The topological polar surface area (TPSA) is 69.4 Å². The Labute approximate surface area is 122 Å². The predicted octanol–water partition coefficient (Wildman–Crippen LogP) is 2.30. The van der Waals surface area contributed by atoms with Gasteiger partial charge in [0.05, 0.1) is 25.8 Å². The number of hydrogen-bond acceptors (Lipinski definition) is 5. The Bertz CT molecular complexity index is 570. The van der Waals surface area contributed by atoms with Crippen molar-refractivity contribution in [2.75, 3.05) is 14.2 Å². The molecule has 1 aromatic carbocycles. The number of nitrogens with zero attached hydrogens (tertiary/aromatic N) is 1. The Morgan fingerprint density at radius 3 is 2.35 bits per heavy atom. The fraction of sp³-hybridized carbons (Fsp3) is 0.214. The molecule has 0 amide bonds. The van der Waals surface area contributed by atoms with Crippen molar-refractivity contribution in [3.8, 4) is 11.5 Å². The minimum absolute atomic E-state index is 0.318. The third kappa shape index (κ3) is 2.85. The Balaban J connectivity index is 2.57. The SMILES string of the molecule is COc1cccc(OC)c1C(NN)c1ccnc(Cl)c1. The summed E-state index contributed by atoms with van der Waals surface area (Å²) in [7, 11) is 3.21. The van der Waals surface area contributed by atoms with E-state index in [1.807, 2.05) is 24.3 Å².